The third-order valence-corrected chi connectivity index (χ3v) is 4.52. The number of benzene rings is 2. The van der Waals surface area contributed by atoms with Crippen LogP contribution in [0.15, 0.2) is 60.7 Å². The van der Waals surface area contributed by atoms with Crippen LogP contribution in [0.2, 0.25) is 10.0 Å². The van der Waals surface area contributed by atoms with Gasteiger partial charge in [0.1, 0.15) is 0 Å². The van der Waals surface area contributed by atoms with Crippen molar-refractivity contribution >= 4 is 35.1 Å². The Morgan fingerprint density at radius 1 is 1.00 bits per heavy atom. The Hall–Kier alpha value is -2.30. The van der Waals surface area contributed by atoms with E-state index in [1.54, 1.807) is 0 Å². The third kappa shape index (κ3) is 6.21. The molecule has 0 bridgehead atoms. The normalized spacial score (nSPS) is 13.3. The van der Waals surface area contributed by atoms with E-state index < -0.39 is 11.9 Å². The Morgan fingerprint density at radius 2 is 1.54 bits per heavy atom. The van der Waals surface area contributed by atoms with Crippen molar-refractivity contribution in [3.63, 3.8) is 0 Å². The van der Waals surface area contributed by atoms with Gasteiger partial charge in [-0.15, -0.1) is 0 Å². The minimum absolute atomic E-state index is 0.0179. The minimum Gasteiger partial charge on any atom is -0.478 e. The second-order valence-corrected chi connectivity index (χ2v) is 6.83. The van der Waals surface area contributed by atoms with E-state index in [9.17, 15) is 9.59 Å². The lowest BCUT2D eigenvalue weighted by atomic mass is 9.86. The van der Waals surface area contributed by atoms with Crippen LogP contribution in [0.1, 0.15) is 24.0 Å². The summed E-state index contributed by atoms with van der Waals surface area (Å²) in [6.45, 7) is 1.89. The van der Waals surface area contributed by atoms with Crippen LogP contribution in [-0.4, -0.2) is 23.0 Å². The molecule has 0 fully saturated rings. The zero-order chi connectivity index (χ0) is 19.1. The maximum Gasteiger partial charge on any atom is 0.328 e. The molecule has 136 valence electrons. The molecule has 4 nitrogen and oxygen atoms in total. The highest BCUT2D eigenvalue weighted by Crippen LogP contribution is 2.26. The molecular weight excluding hydrogens is 373 g/mol. The van der Waals surface area contributed by atoms with Crippen molar-refractivity contribution in [1.82, 2.24) is 5.32 Å². The molecule has 2 aromatic rings. The quantitative estimate of drug-likeness (QED) is 0.684. The van der Waals surface area contributed by atoms with E-state index in [0.717, 1.165) is 23.3 Å². The second kappa shape index (κ2) is 9.41. The highest BCUT2D eigenvalue weighted by atomic mass is 35.5. The summed E-state index contributed by atoms with van der Waals surface area (Å²) in [6, 6.07) is 14.8. The van der Waals surface area contributed by atoms with Crippen molar-refractivity contribution in [3.8, 4) is 0 Å². The van der Waals surface area contributed by atoms with Gasteiger partial charge in [0, 0.05) is 34.2 Å². The number of rotatable bonds is 7. The Bertz CT molecular complexity index is 786. The van der Waals surface area contributed by atoms with E-state index in [1.165, 1.54) is 0 Å². The number of hydrogen-bond acceptors (Lipinski definition) is 2. The summed E-state index contributed by atoms with van der Waals surface area (Å²) in [4.78, 5) is 22.5. The molecule has 0 heterocycles. The predicted octanol–water partition coefficient (Wildman–Crippen LogP) is 4.47. The number of carboxylic acid groups (broad SMARTS) is 1. The highest BCUT2D eigenvalue weighted by Gasteiger charge is 2.21. The molecule has 0 unspecified atom stereocenters. The van der Waals surface area contributed by atoms with E-state index in [4.69, 9.17) is 28.3 Å². The van der Waals surface area contributed by atoms with E-state index in [2.05, 4.69) is 5.32 Å². The molecule has 0 spiro atoms. The van der Waals surface area contributed by atoms with Gasteiger partial charge in [0.2, 0.25) is 5.91 Å². The summed E-state index contributed by atoms with van der Waals surface area (Å²) in [7, 11) is 0. The van der Waals surface area contributed by atoms with Crippen molar-refractivity contribution in [1.29, 1.82) is 0 Å². The lowest BCUT2D eigenvalue weighted by Crippen LogP contribution is -2.37. The van der Waals surface area contributed by atoms with Crippen molar-refractivity contribution in [3.05, 3.63) is 81.9 Å². The lowest BCUT2D eigenvalue weighted by Gasteiger charge is -2.25. The van der Waals surface area contributed by atoms with Gasteiger partial charge in [-0.1, -0.05) is 47.5 Å². The fourth-order valence-electron chi connectivity index (χ4n) is 2.69. The fraction of sp³-hybridized carbons (Fsp3) is 0.200. The van der Waals surface area contributed by atoms with Gasteiger partial charge in [-0.3, -0.25) is 4.79 Å². The monoisotopic (exact) mass is 391 g/mol. The molecule has 0 aliphatic carbocycles. The minimum atomic E-state index is -1.16. The van der Waals surface area contributed by atoms with E-state index in [-0.39, 0.29) is 12.0 Å². The molecule has 0 saturated heterocycles. The number of carboxylic acids is 1. The van der Waals surface area contributed by atoms with Crippen LogP contribution >= 0.6 is 23.2 Å². The average molecular weight is 392 g/mol. The van der Waals surface area contributed by atoms with Crippen molar-refractivity contribution < 1.29 is 14.7 Å². The van der Waals surface area contributed by atoms with Gasteiger partial charge in [-0.25, -0.2) is 4.79 Å². The van der Waals surface area contributed by atoms with Gasteiger partial charge in [0.25, 0.3) is 0 Å². The first-order valence-corrected chi connectivity index (χ1v) is 8.82. The zero-order valence-corrected chi connectivity index (χ0v) is 15.7. The predicted molar refractivity (Wildman–Crippen MR) is 104 cm³/mol. The van der Waals surface area contributed by atoms with Gasteiger partial charge in [-0.2, -0.15) is 0 Å². The van der Waals surface area contributed by atoms with Gasteiger partial charge >= 0.3 is 5.97 Å². The summed E-state index contributed by atoms with van der Waals surface area (Å²) >= 11 is 11.9. The summed E-state index contributed by atoms with van der Waals surface area (Å²) < 4.78 is 0. The number of carbonyl (C=O) groups excluding carboxylic acids is 1. The first-order chi connectivity index (χ1) is 12.3. The Morgan fingerprint density at radius 3 is 2.08 bits per heavy atom. The summed E-state index contributed by atoms with van der Waals surface area (Å²) in [5, 5.41) is 12.8. The number of hydrogen-bond donors (Lipinski definition) is 2. The molecule has 0 aliphatic heterocycles. The van der Waals surface area contributed by atoms with Crippen molar-refractivity contribution in [2.75, 3.05) is 0 Å². The molecule has 6 heteroatoms. The number of nitrogens with one attached hydrogen (secondary N) is 1. The lowest BCUT2D eigenvalue weighted by molar-refractivity contribution is -0.131. The molecule has 0 radical (unpaired) electrons. The van der Waals surface area contributed by atoms with Crippen molar-refractivity contribution in [2.24, 2.45) is 0 Å². The molecule has 1 amide bonds. The first kappa shape index (κ1) is 20.0. The number of carbonyl (C=O) groups is 2. The number of aliphatic carboxylic acids is 1. The average Bonchev–Trinajstić information content (AvgIpc) is 2.60. The topological polar surface area (TPSA) is 66.4 Å². The Labute approximate surface area is 162 Å². The number of halogens is 2. The Balaban J connectivity index is 2.21. The van der Waals surface area contributed by atoms with Crippen LogP contribution in [0, 0.1) is 0 Å². The summed E-state index contributed by atoms with van der Waals surface area (Å²) in [5.74, 6) is -1.63. The fourth-order valence-corrected chi connectivity index (χ4v) is 2.94. The van der Waals surface area contributed by atoms with Crippen LogP contribution in [0.3, 0.4) is 0 Å². The third-order valence-electron chi connectivity index (χ3n) is 4.02. The standard InChI is InChI=1S/C20H19Cl2NO3/c1-13(23-19(24)10-11-20(25)26)18(15-4-8-17(22)9-5-15)12-14-2-6-16(21)7-3-14/h2-11,13,18H,12H2,1H3,(H,23,24)(H,25,26)/b11-10+/t13-,18+/m0/s1. The van der Waals surface area contributed by atoms with Gasteiger partial charge in [-0.05, 0) is 48.7 Å². The SMILES string of the molecule is C[C@H](NC(=O)/C=C/C(=O)O)[C@@H](Cc1ccc(Cl)cc1)c1ccc(Cl)cc1. The highest BCUT2D eigenvalue weighted by molar-refractivity contribution is 6.30. The van der Waals surface area contributed by atoms with Crippen LogP contribution in [0.5, 0.6) is 0 Å². The molecule has 26 heavy (non-hydrogen) atoms. The zero-order valence-electron chi connectivity index (χ0n) is 14.2. The Kier molecular flexibility index (Phi) is 7.25. The van der Waals surface area contributed by atoms with E-state index in [0.29, 0.717) is 16.5 Å². The van der Waals surface area contributed by atoms with E-state index >= 15 is 0 Å². The van der Waals surface area contributed by atoms with Gasteiger partial charge < -0.3 is 10.4 Å². The molecule has 2 aromatic carbocycles. The summed E-state index contributed by atoms with van der Waals surface area (Å²) in [5.41, 5.74) is 2.11. The molecule has 0 aromatic heterocycles. The van der Waals surface area contributed by atoms with E-state index in [1.807, 2.05) is 55.5 Å². The second-order valence-electron chi connectivity index (χ2n) is 5.96. The van der Waals surface area contributed by atoms with Crippen LogP contribution in [-0.2, 0) is 16.0 Å². The van der Waals surface area contributed by atoms with Crippen LogP contribution in [0.25, 0.3) is 0 Å². The van der Waals surface area contributed by atoms with Gasteiger partial charge in [0.05, 0.1) is 0 Å². The smallest absolute Gasteiger partial charge is 0.328 e. The molecule has 2 rings (SSSR count). The number of amides is 1. The maximum atomic E-state index is 11.9. The molecule has 2 atom stereocenters. The molecular formula is C20H19Cl2NO3. The molecule has 0 saturated carbocycles. The van der Waals surface area contributed by atoms with Crippen LogP contribution < -0.4 is 5.32 Å². The van der Waals surface area contributed by atoms with Crippen LogP contribution in [0.4, 0.5) is 0 Å². The molecule has 2 N–H and O–H groups in total. The van der Waals surface area contributed by atoms with Gasteiger partial charge in [0.15, 0.2) is 0 Å². The summed E-state index contributed by atoms with van der Waals surface area (Å²) in [6.07, 6.45) is 2.52. The van der Waals surface area contributed by atoms with Crippen molar-refractivity contribution in [2.45, 2.75) is 25.3 Å². The molecule has 0 aliphatic rings. The first-order valence-electron chi connectivity index (χ1n) is 8.06. The largest absolute Gasteiger partial charge is 0.478 e. The maximum absolute atomic E-state index is 11.9.